The molecule has 32 heavy (non-hydrogen) atoms. The Morgan fingerprint density at radius 1 is 1.09 bits per heavy atom. The monoisotopic (exact) mass is 446 g/mol. The van der Waals surface area contributed by atoms with Gasteiger partial charge in [-0.05, 0) is 60.3 Å². The van der Waals surface area contributed by atoms with Crippen LogP contribution in [-0.4, -0.2) is 17.3 Å². The molecule has 1 unspecified atom stereocenters. The summed E-state index contributed by atoms with van der Waals surface area (Å²) in [5.41, 5.74) is 3.08. The van der Waals surface area contributed by atoms with E-state index in [1.165, 1.54) is 11.3 Å². The molecule has 1 amide bonds. The van der Waals surface area contributed by atoms with Gasteiger partial charge in [-0.25, -0.2) is 0 Å². The molecule has 0 aliphatic carbocycles. The third-order valence-corrected chi connectivity index (χ3v) is 6.25. The molecule has 0 saturated carbocycles. The number of carbonyl (C=O) groups is 1. The highest BCUT2D eigenvalue weighted by atomic mass is 32.1. The van der Waals surface area contributed by atoms with Crippen molar-refractivity contribution in [1.82, 2.24) is 9.88 Å². The van der Waals surface area contributed by atoms with Crippen LogP contribution in [0.3, 0.4) is 0 Å². The van der Waals surface area contributed by atoms with E-state index in [0.29, 0.717) is 23.0 Å². The Morgan fingerprint density at radius 3 is 2.69 bits per heavy atom. The van der Waals surface area contributed by atoms with Crippen molar-refractivity contribution in [1.29, 1.82) is 0 Å². The van der Waals surface area contributed by atoms with Crippen molar-refractivity contribution in [3.8, 4) is 22.9 Å². The Bertz CT molecular complexity index is 1220. The van der Waals surface area contributed by atoms with Crippen LogP contribution in [0.1, 0.15) is 33.8 Å². The molecule has 1 N–H and O–H groups in total. The quantitative estimate of drug-likeness (QED) is 0.416. The third kappa shape index (κ3) is 4.33. The average molecular weight is 447 g/mol. The molecule has 7 heteroatoms. The molecular weight excluding hydrogens is 424 g/mol. The van der Waals surface area contributed by atoms with Crippen molar-refractivity contribution in [2.45, 2.75) is 19.6 Å². The van der Waals surface area contributed by atoms with Gasteiger partial charge in [-0.1, -0.05) is 12.1 Å². The van der Waals surface area contributed by atoms with Gasteiger partial charge in [0, 0.05) is 29.7 Å². The van der Waals surface area contributed by atoms with E-state index in [0.717, 1.165) is 22.6 Å². The van der Waals surface area contributed by atoms with E-state index in [-0.39, 0.29) is 18.7 Å². The Labute approximate surface area is 190 Å². The smallest absolute Gasteiger partial charge is 0.261 e. The summed E-state index contributed by atoms with van der Waals surface area (Å²) in [6, 6.07) is 19.4. The van der Waals surface area contributed by atoms with Gasteiger partial charge in [0.15, 0.2) is 11.5 Å². The fraction of sp³-hybridized carbons (Fsp3) is 0.160. The second-order valence-corrected chi connectivity index (χ2v) is 8.41. The summed E-state index contributed by atoms with van der Waals surface area (Å²) < 4.78 is 18.6. The summed E-state index contributed by atoms with van der Waals surface area (Å²) >= 11 is 1.41. The van der Waals surface area contributed by atoms with Crippen LogP contribution in [0.2, 0.25) is 0 Å². The minimum absolute atomic E-state index is 0.0914. The zero-order chi connectivity index (χ0) is 21.9. The topological polar surface area (TPSA) is 61.7 Å². The standard InChI is InChI=1S/C25H22N2O4S/c1-17(19-4-6-20(7-5-19)27-10-2-3-11-27)26-25(28)24-12-18(15-32-24)14-29-21-8-9-22-23(13-21)31-16-30-22/h2-13,15,17H,14,16H2,1H3,(H,26,28). The first-order valence-electron chi connectivity index (χ1n) is 10.3. The summed E-state index contributed by atoms with van der Waals surface area (Å²) in [7, 11) is 0. The van der Waals surface area contributed by atoms with Crippen LogP contribution in [0.15, 0.2) is 78.4 Å². The Hall–Kier alpha value is -3.71. The van der Waals surface area contributed by atoms with Gasteiger partial charge in [-0.3, -0.25) is 4.79 Å². The SMILES string of the molecule is CC(NC(=O)c1cc(COc2ccc3c(c2)OCO3)cs1)c1ccc(-n2cccc2)cc1. The van der Waals surface area contributed by atoms with Crippen molar-refractivity contribution < 1.29 is 19.0 Å². The highest BCUT2D eigenvalue weighted by Crippen LogP contribution is 2.35. The lowest BCUT2D eigenvalue weighted by atomic mass is 10.1. The van der Waals surface area contributed by atoms with Crippen molar-refractivity contribution >= 4 is 17.2 Å². The third-order valence-electron chi connectivity index (χ3n) is 5.27. The largest absolute Gasteiger partial charge is 0.489 e. The lowest BCUT2D eigenvalue weighted by molar-refractivity contribution is 0.0944. The van der Waals surface area contributed by atoms with Crippen molar-refractivity contribution in [2.24, 2.45) is 0 Å². The van der Waals surface area contributed by atoms with E-state index in [2.05, 4.69) is 17.4 Å². The van der Waals surface area contributed by atoms with Crippen LogP contribution in [0.4, 0.5) is 0 Å². The van der Waals surface area contributed by atoms with E-state index in [4.69, 9.17) is 14.2 Å². The molecule has 2 aromatic heterocycles. The number of nitrogens with zero attached hydrogens (tertiary/aromatic N) is 1. The molecule has 0 radical (unpaired) electrons. The van der Waals surface area contributed by atoms with Gasteiger partial charge in [-0.2, -0.15) is 0 Å². The fourth-order valence-corrected chi connectivity index (χ4v) is 4.30. The summed E-state index contributed by atoms with van der Waals surface area (Å²) in [6.45, 7) is 2.59. The average Bonchev–Trinajstić information content (AvgIpc) is 3.59. The van der Waals surface area contributed by atoms with Gasteiger partial charge in [0.1, 0.15) is 12.4 Å². The van der Waals surface area contributed by atoms with Gasteiger partial charge in [-0.15, -0.1) is 11.3 Å². The van der Waals surface area contributed by atoms with Crippen LogP contribution in [0.5, 0.6) is 17.2 Å². The maximum atomic E-state index is 12.7. The summed E-state index contributed by atoms with van der Waals surface area (Å²) in [5, 5.41) is 5.02. The number of hydrogen-bond acceptors (Lipinski definition) is 5. The minimum atomic E-state index is -0.100. The van der Waals surface area contributed by atoms with Gasteiger partial charge in [0.2, 0.25) is 6.79 Å². The van der Waals surface area contributed by atoms with Gasteiger partial charge in [0.25, 0.3) is 5.91 Å². The van der Waals surface area contributed by atoms with E-state index >= 15 is 0 Å². The van der Waals surface area contributed by atoms with Crippen LogP contribution >= 0.6 is 11.3 Å². The molecule has 5 rings (SSSR count). The maximum Gasteiger partial charge on any atom is 0.261 e. The Kier molecular flexibility index (Phi) is 5.56. The highest BCUT2D eigenvalue weighted by Gasteiger charge is 2.16. The normalized spacial score (nSPS) is 13.0. The molecule has 0 saturated heterocycles. The number of ether oxygens (including phenoxy) is 3. The number of benzene rings is 2. The molecule has 0 fully saturated rings. The lowest BCUT2D eigenvalue weighted by Crippen LogP contribution is -2.25. The van der Waals surface area contributed by atoms with Gasteiger partial charge in [0.05, 0.1) is 10.9 Å². The number of thiophene rings is 1. The summed E-state index contributed by atoms with van der Waals surface area (Å²) in [4.78, 5) is 13.4. The number of fused-ring (bicyclic) bond motifs is 1. The van der Waals surface area contributed by atoms with Crippen molar-refractivity contribution in [3.63, 3.8) is 0 Å². The van der Waals surface area contributed by atoms with Crippen LogP contribution < -0.4 is 19.5 Å². The summed E-state index contributed by atoms with van der Waals surface area (Å²) in [5.74, 6) is 2.01. The van der Waals surface area contributed by atoms with E-state index in [9.17, 15) is 4.79 Å². The van der Waals surface area contributed by atoms with E-state index < -0.39 is 0 Å². The van der Waals surface area contributed by atoms with Gasteiger partial charge >= 0.3 is 0 Å². The van der Waals surface area contributed by atoms with Crippen LogP contribution in [-0.2, 0) is 6.61 Å². The van der Waals surface area contributed by atoms with Crippen molar-refractivity contribution in [2.75, 3.05) is 6.79 Å². The highest BCUT2D eigenvalue weighted by molar-refractivity contribution is 7.12. The molecular formula is C25H22N2O4S. The molecule has 6 nitrogen and oxygen atoms in total. The molecule has 1 aliphatic heterocycles. The first-order valence-corrected chi connectivity index (χ1v) is 11.2. The summed E-state index contributed by atoms with van der Waals surface area (Å²) in [6.07, 6.45) is 4.01. The van der Waals surface area contributed by atoms with Gasteiger partial charge < -0.3 is 24.1 Å². The Balaban J connectivity index is 1.17. The van der Waals surface area contributed by atoms with E-state index in [1.54, 1.807) is 0 Å². The van der Waals surface area contributed by atoms with E-state index in [1.807, 2.05) is 77.8 Å². The second kappa shape index (κ2) is 8.80. The maximum absolute atomic E-state index is 12.7. The van der Waals surface area contributed by atoms with Crippen molar-refractivity contribution in [3.05, 3.63) is 94.4 Å². The van der Waals surface area contributed by atoms with Crippen LogP contribution in [0, 0.1) is 0 Å². The molecule has 162 valence electrons. The van der Waals surface area contributed by atoms with Crippen LogP contribution in [0.25, 0.3) is 5.69 Å². The lowest BCUT2D eigenvalue weighted by Gasteiger charge is -2.14. The first-order chi connectivity index (χ1) is 15.7. The second-order valence-electron chi connectivity index (χ2n) is 7.50. The number of rotatable bonds is 7. The minimum Gasteiger partial charge on any atom is -0.489 e. The zero-order valence-corrected chi connectivity index (χ0v) is 18.3. The predicted octanol–water partition coefficient (Wildman–Crippen LogP) is 5.34. The zero-order valence-electron chi connectivity index (χ0n) is 17.5. The first kappa shape index (κ1) is 20.2. The molecule has 2 aromatic carbocycles. The Morgan fingerprint density at radius 2 is 1.88 bits per heavy atom. The molecule has 0 spiro atoms. The number of nitrogens with one attached hydrogen (secondary N) is 1. The molecule has 4 aromatic rings. The number of aromatic nitrogens is 1. The number of hydrogen-bond donors (Lipinski definition) is 1. The fourth-order valence-electron chi connectivity index (χ4n) is 3.50. The number of amides is 1. The molecule has 1 aliphatic rings. The molecule has 1 atom stereocenters. The predicted molar refractivity (Wildman–Crippen MR) is 123 cm³/mol. The number of carbonyl (C=O) groups excluding carboxylic acids is 1. The molecule has 0 bridgehead atoms. The molecule has 3 heterocycles.